The molecule has 2 aromatic carbocycles. The van der Waals surface area contributed by atoms with Crippen molar-refractivity contribution in [3.8, 4) is 5.75 Å². The van der Waals surface area contributed by atoms with E-state index in [-0.39, 0.29) is 10.8 Å². The lowest BCUT2D eigenvalue weighted by atomic mass is 10.1. The minimum absolute atomic E-state index is 0.206. The summed E-state index contributed by atoms with van der Waals surface area (Å²) in [6, 6.07) is 14.1. The highest BCUT2D eigenvalue weighted by Crippen LogP contribution is 2.24. The van der Waals surface area contributed by atoms with Crippen LogP contribution in [0.5, 0.6) is 5.75 Å². The monoisotopic (exact) mass is 388 g/mol. The standard InChI is InChI=1S/C20H24N2O4S/c1-16-9-10-17(15-19(16)27(24,25)22-12-5-6-13-22)20(23)21-11-14-26-18-7-3-2-4-8-18/h2-4,7-10,15H,5-6,11-14H2,1H3,(H,21,23). The molecule has 0 saturated carbocycles. The van der Waals surface area contributed by atoms with Gasteiger partial charge in [-0.3, -0.25) is 4.79 Å². The van der Waals surface area contributed by atoms with Gasteiger partial charge in [-0.15, -0.1) is 0 Å². The summed E-state index contributed by atoms with van der Waals surface area (Å²) in [7, 11) is -3.56. The van der Waals surface area contributed by atoms with Crippen LogP contribution in [0.1, 0.15) is 28.8 Å². The van der Waals surface area contributed by atoms with Gasteiger partial charge in [-0.05, 0) is 49.6 Å². The number of benzene rings is 2. The molecule has 0 atom stereocenters. The third kappa shape index (κ3) is 4.67. The number of rotatable bonds is 7. The van der Waals surface area contributed by atoms with Gasteiger partial charge in [-0.2, -0.15) is 4.31 Å². The summed E-state index contributed by atoms with van der Waals surface area (Å²) in [6.45, 7) is 3.48. The summed E-state index contributed by atoms with van der Waals surface area (Å²) in [6.07, 6.45) is 1.75. The van der Waals surface area contributed by atoms with E-state index >= 15 is 0 Å². The Hall–Kier alpha value is -2.38. The number of nitrogens with zero attached hydrogens (tertiary/aromatic N) is 1. The molecular weight excluding hydrogens is 364 g/mol. The Bertz CT molecular complexity index is 891. The van der Waals surface area contributed by atoms with E-state index in [1.54, 1.807) is 19.1 Å². The number of carbonyl (C=O) groups excluding carboxylic acids is 1. The van der Waals surface area contributed by atoms with Crippen molar-refractivity contribution in [1.82, 2.24) is 9.62 Å². The molecule has 0 bridgehead atoms. The highest BCUT2D eigenvalue weighted by atomic mass is 32.2. The lowest BCUT2D eigenvalue weighted by Gasteiger charge is -2.18. The Labute approximate surface area is 160 Å². The van der Waals surface area contributed by atoms with Crippen molar-refractivity contribution in [2.45, 2.75) is 24.7 Å². The van der Waals surface area contributed by atoms with Gasteiger partial charge in [-0.1, -0.05) is 24.3 Å². The van der Waals surface area contributed by atoms with Gasteiger partial charge < -0.3 is 10.1 Å². The van der Waals surface area contributed by atoms with E-state index in [9.17, 15) is 13.2 Å². The number of nitrogens with one attached hydrogen (secondary N) is 1. The Morgan fingerprint density at radius 1 is 1.11 bits per heavy atom. The molecule has 1 aliphatic heterocycles. The van der Waals surface area contributed by atoms with Gasteiger partial charge in [0.05, 0.1) is 11.4 Å². The van der Waals surface area contributed by atoms with Crippen molar-refractivity contribution in [2.24, 2.45) is 0 Å². The topological polar surface area (TPSA) is 75.7 Å². The van der Waals surface area contributed by atoms with Crippen LogP contribution in [0.3, 0.4) is 0 Å². The van der Waals surface area contributed by atoms with E-state index in [2.05, 4.69) is 5.32 Å². The molecular formula is C20H24N2O4S. The van der Waals surface area contributed by atoms with Crippen molar-refractivity contribution >= 4 is 15.9 Å². The van der Waals surface area contributed by atoms with Crippen LogP contribution in [0, 0.1) is 6.92 Å². The fourth-order valence-electron chi connectivity index (χ4n) is 3.04. The van der Waals surface area contributed by atoms with Gasteiger partial charge in [0.15, 0.2) is 0 Å². The molecule has 0 spiro atoms. The molecule has 3 rings (SSSR count). The third-order valence-corrected chi connectivity index (χ3v) is 6.57. The van der Waals surface area contributed by atoms with Crippen molar-refractivity contribution in [1.29, 1.82) is 0 Å². The number of para-hydroxylation sites is 1. The molecule has 1 aliphatic rings. The first-order valence-electron chi connectivity index (χ1n) is 9.05. The average Bonchev–Trinajstić information content (AvgIpc) is 3.22. The van der Waals surface area contributed by atoms with Crippen molar-refractivity contribution in [3.63, 3.8) is 0 Å². The predicted molar refractivity (Wildman–Crippen MR) is 103 cm³/mol. The summed E-state index contributed by atoms with van der Waals surface area (Å²) in [4.78, 5) is 12.6. The molecule has 144 valence electrons. The number of amides is 1. The highest BCUT2D eigenvalue weighted by molar-refractivity contribution is 7.89. The zero-order valence-electron chi connectivity index (χ0n) is 15.3. The normalized spacial score (nSPS) is 14.9. The minimum Gasteiger partial charge on any atom is -0.492 e. The molecule has 7 heteroatoms. The second kappa shape index (κ2) is 8.54. The lowest BCUT2D eigenvalue weighted by Crippen LogP contribution is -2.30. The second-order valence-electron chi connectivity index (χ2n) is 6.51. The minimum atomic E-state index is -3.56. The maximum absolute atomic E-state index is 12.8. The molecule has 6 nitrogen and oxygen atoms in total. The molecule has 1 amide bonds. The van der Waals surface area contributed by atoms with Gasteiger partial charge in [0.2, 0.25) is 10.0 Å². The molecule has 0 aromatic heterocycles. The number of hydrogen-bond donors (Lipinski definition) is 1. The number of sulfonamides is 1. The van der Waals surface area contributed by atoms with Crippen LogP contribution in [-0.2, 0) is 10.0 Å². The van der Waals surface area contributed by atoms with Gasteiger partial charge >= 0.3 is 0 Å². The molecule has 1 saturated heterocycles. The van der Waals surface area contributed by atoms with Crippen molar-refractivity contribution in [3.05, 3.63) is 59.7 Å². The molecule has 1 fully saturated rings. The zero-order valence-corrected chi connectivity index (χ0v) is 16.2. The van der Waals surface area contributed by atoms with E-state index in [1.807, 2.05) is 30.3 Å². The van der Waals surface area contributed by atoms with Gasteiger partial charge in [0.25, 0.3) is 5.91 Å². The van der Waals surface area contributed by atoms with E-state index < -0.39 is 10.0 Å². The molecule has 0 unspecified atom stereocenters. The average molecular weight is 388 g/mol. The predicted octanol–water partition coefficient (Wildman–Crippen LogP) is 2.59. The van der Waals surface area contributed by atoms with Crippen LogP contribution in [0.15, 0.2) is 53.4 Å². The van der Waals surface area contributed by atoms with Crippen LogP contribution < -0.4 is 10.1 Å². The maximum Gasteiger partial charge on any atom is 0.251 e. The van der Waals surface area contributed by atoms with Crippen LogP contribution in [0.4, 0.5) is 0 Å². The highest BCUT2D eigenvalue weighted by Gasteiger charge is 2.29. The maximum atomic E-state index is 12.8. The van der Waals surface area contributed by atoms with Crippen LogP contribution in [0.25, 0.3) is 0 Å². The largest absolute Gasteiger partial charge is 0.492 e. The lowest BCUT2D eigenvalue weighted by molar-refractivity contribution is 0.0947. The summed E-state index contributed by atoms with van der Waals surface area (Å²) in [5.74, 6) is 0.422. The van der Waals surface area contributed by atoms with Gasteiger partial charge in [0, 0.05) is 18.7 Å². The Morgan fingerprint density at radius 2 is 1.81 bits per heavy atom. The summed E-state index contributed by atoms with van der Waals surface area (Å²) in [5.41, 5.74) is 0.976. The first-order valence-corrected chi connectivity index (χ1v) is 10.5. The third-order valence-electron chi connectivity index (χ3n) is 4.53. The fraction of sp³-hybridized carbons (Fsp3) is 0.350. The summed E-state index contributed by atoms with van der Waals surface area (Å²) >= 11 is 0. The quantitative estimate of drug-likeness (QED) is 0.740. The molecule has 0 radical (unpaired) electrons. The zero-order chi connectivity index (χ0) is 19.3. The molecule has 1 N–H and O–H groups in total. The second-order valence-corrected chi connectivity index (χ2v) is 8.42. The van der Waals surface area contributed by atoms with Crippen molar-refractivity contribution < 1.29 is 17.9 Å². The SMILES string of the molecule is Cc1ccc(C(=O)NCCOc2ccccc2)cc1S(=O)(=O)N1CCCC1. The van der Waals surface area contributed by atoms with E-state index in [4.69, 9.17) is 4.74 Å². The Balaban J connectivity index is 1.63. The Kier molecular flexibility index (Phi) is 6.13. The fourth-order valence-corrected chi connectivity index (χ4v) is 4.81. The molecule has 1 heterocycles. The number of carbonyl (C=O) groups is 1. The first kappa shape index (κ1) is 19.4. The van der Waals surface area contributed by atoms with Gasteiger partial charge in [-0.25, -0.2) is 8.42 Å². The summed E-state index contributed by atoms with van der Waals surface area (Å²) < 4.78 is 32.7. The van der Waals surface area contributed by atoms with E-state index in [0.29, 0.717) is 37.4 Å². The molecule has 0 aliphatic carbocycles. The number of aryl methyl sites for hydroxylation is 1. The van der Waals surface area contributed by atoms with Gasteiger partial charge in [0.1, 0.15) is 12.4 Å². The molecule has 2 aromatic rings. The number of hydrogen-bond acceptors (Lipinski definition) is 4. The Morgan fingerprint density at radius 3 is 2.52 bits per heavy atom. The van der Waals surface area contributed by atoms with E-state index in [1.165, 1.54) is 10.4 Å². The first-order chi connectivity index (χ1) is 13.0. The molecule has 27 heavy (non-hydrogen) atoms. The van der Waals surface area contributed by atoms with E-state index in [0.717, 1.165) is 18.6 Å². The summed E-state index contributed by atoms with van der Waals surface area (Å²) in [5, 5.41) is 2.76. The van der Waals surface area contributed by atoms with Crippen LogP contribution >= 0.6 is 0 Å². The van der Waals surface area contributed by atoms with Crippen molar-refractivity contribution in [2.75, 3.05) is 26.2 Å². The number of ether oxygens (including phenoxy) is 1. The van der Waals surface area contributed by atoms with Crippen LogP contribution in [-0.4, -0.2) is 44.9 Å². The van der Waals surface area contributed by atoms with Crippen LogP contribution in [0.2, 0.25) is 0 Å². The smallest absolute Gasteiger partial charge is 0.251 e.